The normalized spacial score (nSPS) is 12.2. The molecule has 1 unspecified atom stereocenters. The van der Waals surface area contributed by atoms with Crippen molar-refractivity contribution in [2.45, 2.75) is 19.4 Å². The third kappa shape index (κ3) is 4.77. The quantitative estimate of drug-likeness (QED) is 0.844. The molecule has 0 heterocycles. The molecule has 0 saturated heterocycles. The minimum absolute atomic E-state index is 0.0552. The first-order valence-corrected chi connectivity index (χ1v) is 7.02. The number of carbonyl (C=O) groups excluding carboxylic acids is 1. The number of halogens is 2. The van der Waals surface area contributed by atoms with Crippen LogP contribution >= 0.6 is 31.9 Å². The average Bonchev–Trinajstić information content (AvgIpc) is 2.28. The van der Waals surface area contributed by atoms with Crippen LogP contribution in [0.15, 0.2) is 27.1 Å². The van der Waals surface area contributed by atoms with Crippen molar-refractivity contribution < 1.29 is 4.79 Å². The Labute approximate surface area is 119 Å². The lowest BCUT2D eigenvalue weighted by atomic mass is 10.1. The van der Waals surface area contributed by atoms with Crippen LogP contribution in [0.25, 0.3) is 0 Å². The highest BCUT2D eigenvalue weighted by Crippen LogP contribution is 2.26. The van der Waals surface area contributed by atoms with E-state index in [0.717, 1.165) is 8.95 Å². The molecule has 1 aromatic carbocycles. The predicted molar refractivity (Wildman–Crippen MR) is 76.9 cm³/mol. The first-order chi connectivity index (χ1) is 8.04. The van der Waals surface area contributed by atoms with Gasteiger partial charge in [-0.05, 0) is 24.6 Å². The van der Waals surface area contributed by atoms with Crippen LogP contribution in [0.2, 0.25) is 0 Å². The molecule has 0 aromatic heterocycles. The molecule has 2 N–H and O–H groups in total. The van der Waals surface area contributed by atoms with E-state index in [1.807, 2.05) is 12.1 Å². The largest absolute Gasteiger partial charge is 0.359 e. The molecule has 3 nitrogen and oxygen atoms in total. The lowest BCUT2D eigenvalue weighted by Gasteiger charge is -2.15. The van der Waals surface area contributed by atoms with Gasteiger partial charge in [-0.25, -0.2) is 0 Å². The third-order valence-corrected chi connectivity index (χ3v) is 3.69. The number of nitrogens with one attached hydrogen (secondary N) is 2. The highest BCUT2D eigenvalue weighted by atomic mass is 79.9. The second-order valence-electron chi connectivity index (χ2n) is 3.76. The van der Waals surface area contributed by atoms with Gasteiger partial charge in [0.2, 0.25) is 5.91 Å². The van der Waals surface area contributed by atoms with Gasteiger partial charge in [0, 0.05) is 35.0 Å². The average molecular weight is 364 g/mol. The van der Waals surface area contributed by atoms with Gasteiger partial charge in [-0.1, -0.05) is 37.9 Å². The number of carbonyl (C=O) groups is 1. The third-order valence-electron chi connectivity index (χ3n) is 2.51. The SMILES string of the molecule is CNC(=O)CCNC(C)c1ccc(Br)cc1Br. The smallest absolute Gasteiger partial charge is 0.221 e. The molecule has 0 bridgehead atoms. The van der Waals surface area contributed by atoms with E-state index in [1.165, 1.54) is 5.56 Å². The van der Waals surface area contributed by atoms with E-state index in [4.69, 9.17) is 0 Å². The van der Waals surface area contributed by atoms with Crippen molar-refractivity contribution in [2.24, 2.45) is 0 Å². The summed E-state index contributed by atoms with van der Waals surface area (Å²) in [5, 5.41) is 5.92. The first-order valence-electron chi connectivity index (χ1n) is 5.43. The topological polar surface area (TPSA) is 41.1 Å². The van der Waals surface area contributed by atoms with Crippen LogP contribution in [0.5, 0.6) is 0 Å². The fraction of sp³-hybridized carbons (Fsp3) is 0.417. The Morgan fingerprint density at radius 1 is 1.41 bits per heavy atom. The van der Waals surface area contributed by atoms with E-state index < -0.39 is 0 Å². The standard InChI is InChI=1S/C12H16Br2N2O/c1-8(16-6-5-12(17)15-2)10-4-3-9(13)7-11(10)14/h3-4,7-8,16H,5-6H2,1-2H3,(H,15,17). The molecule has 5 heteroatoms. The van der Waals surface area contributed by atoms with Gasteiger partial charge in [0.1, 0.15) is 0 Å². The van der Waals surface area contributed by atoms with Crippen LogP contribution in [0.1, 0.15) is 24.9 Å². The lowest BCUT2D eigenvalue weighted by molar-refractivity contribution is -0.120. The van der Waals surface area contributed by atoms with Crippen LogP contribution in [-0.2, 0) is 4.79 Å². The summed E-state index contributed by atoms with van der Waals surface area (Å²) in [5.74, 6) is 0.0552. The number of benzene rings is 1. The van der Waals surface area contributed by atoms with Gasteiger partial charge in [0.05, 0.1) is 0 Å². The summed E-state index contributed by atoms with van der Waals surface area (Å²) in [6.07, 6.45) is 0.495. The van der Waals surface area contributed by atoms with E-state index in [9.17, 15) is 4.79 Å². The Balaban J connectivity index is 2.52. The summed E-state index contributed by atoms with van der Waals surface area (Å²) < 4.78 is 2.11. The molecular weight excluding hydrogens is 348 g/mol. The van der Waals surface area contributed by atoms with Crippen LogP contribution in [-0.4, -0.2) is 19.5 Å². The number of hydrogen-bond acceptors (Lipinski definition) is 2. The van der Waals surface area contributed by atoms with Crippen LogP contribution in [0.3, 0.4) is 0 Å². The Morgan fingerprint density at radius 2 is 2.12 bits per heavy atom. The van der Waals surface area contributed by atoms with E-state index in [2.05, 4.69) is 55.5 Å². The van der Waals surface area contributed by atoms with E-state index >= 15 is 0 Å². The molecule has 0 aliphatic carbocycles. The molecule has 1 rings (SSSR count). The summed E-state index contributed by atoms with van der Waals surface area (Å²) in [6, 6.07) is 6.30. The predicted octanol–water partition coefficient (Wildman–Crippen LogP) is 3.00. The van der Waals surface area contributed by atoms with Crippen LogP contribution in [0, 0.1) is 0 Å². The van der Waals surface area contributed by atoms with Crippen molar-refractivity contribution >= 4 is 37.8 Å². The number of amides is 1. The summed E-state index contributed by atoms with van der Waals surface area (Å²) in [5.41, 5.74) is 1.19. The highest BCUT2D eigenvalue weighted by Gasteiger charge is 2.09. The molecule has 1 atom stereocenters. The summed E-state index contributed by atoms with van der Waals surface area (Å²) >= 11 is 6.96. The lowest BCUT2D eigenvalue weighted by Crippen LogP contribution is -2.26. The molecule has 1 amide bonds. The number of hydrogen-bond donors (Lipinski definition) is 2. The monoisotopic (exact) mass is 362 g/mol. The molecule has 94 valence electrons. The van der Waals surface area contributed by atoms with Gasteiger partial charge in [-0.3, -0.25) is 4.79 Å². The zero-order valence-corrected chi connectivity index (χ0v) is 13.1. The molecule has 17 heavy (non-hydrogen) atoms. The minimum atomic E-state index is 0.0552. The molecule has 0 radical (unpaired) electrons. The summed E-state index contributed by atoms with van der Waals surface area (Å²) in [6.45, 7) is 2.75. The van der Waals surface area contributed by atoms with Gasteiger partial charge in [0.15, 0.2) is 0 Å². The Kier molecular flexibility index (Phi) is 6.16. The maximum Gasteiger partial charge on any atom is 0.221 e. The van der Waals surface area contributed by atoms with Crippen LogP contribution in [0.4, 0.5) is 0 Å². The van der Waals surface area contributed by atoms with Gasteiger partial charge < -0.3 is 10.6 Å². The van der Waals surface area contributed by atoms with E-state index in [-0.39, 0.29) is 11.9 Å². The van der Waals surface area contributed by atoms with Gasteiger partial charge in [-0.2, -0.15) is 0 Å². The Bertz CT molecular complexity index is 396. The molecule has 1 aromatic rings. The zero-order chi connectivity index (χ0) is 12.8. The van der Waals surface area contributed by atoms with Crippen molar-refractivity contribution in [2.75, 3.05) is 13.6 Å². The van der Waals surface area contributed by atoms with Crippen molar-refractivity contribution in [3.63, 3.8) is 0 Å². The highest BCUT2D eigenvalue weighted by molar-refractivity contribution is 9.11. The molecule has 0 aliphatic rings. The molecule has 0 fully saturated rings. The Morgan fingerprint density at radius 3 is 2.71 bits per heavy atom. The van der Waals surface area contributed by atoms with Crippen molar-refractivity contribution in [3.05, 3.63) is 32.7 Å². The molecular formula is C12H16Br2N2O. The van der Waals surface area contributed by atoms with Gasteiger partial charge >= 0.3 is 0 Å². The second kappa shape index (κ2) is 7.13. The van der Waals surface area contributed by atoms with Crippen molar-refractivity contribution in [3.8, 4) is 0 Å². The van der Waals surface area contributed by atoms with Gasteiger partial charge in [-0.15, -0.1) is 0 Å². The Hall–Kier alpha value is -0.390. The first kappa shape index (κ1) is 14.7. The maximum absolute atomic E-state index is 11.1. The zero-order valence-electron chi connectivity index (χ0n) is 9.89. The summed E-state index contributed by atoms with van der Waals surface area (Å²) in [4.78, 5) is 11.1. The molecule has 0 spiro atoms. The molecule has 0 aliphatic heterocycles. The fourth-order valence-electron chi connectivity index (χ4n) is 1.49. The van der Waals surface area contributed by atoms with Crippen molar-refractivity contribution in [1.82, 2.24) is 10.6 Å². The maximum atomic E-state index is 11.1. The second-order valence-corrected chi connectivity index (χ2v) is 5.53. The van der Waals surface area contributed by atoms with Crippen LogP contribution < -0.4 is 10.6 Å². The number of rotatable bonds is 5. The van der Waals surface area contributed by atoms with Gasteiger partial charge in [0.25, 0.3) is 0 Å². The van der Waals surface area contributed by atoms with E-state index in [0.29, 0.717) is 13.0 Å². The fourth-order valence-corrected chi connectivity index (χ4v) is 2.88. The molecule has 0 saturated carbocycles. The summed E-state index contributed by atoms with van der Waals surface area (Å²) in [7, 11) is 1.65. The van der Waals surface area contributed by atoms with E-state index in [1.54, 1.807) is 7.05 Å². The van der Waals surface area contributed by atoms with Crippen molar-refractivity contribution in [1.29, 1.82) is 0 Å². The minimum Gasteiger partial charge on any atom is -0.359 e.